The molecule has 0 bridgehead atoms. The highest BCUT2D eigenvalue weighted by Crippen LogP contribution is 2.27. The summed E-state index contributed by atoms with van der Waals surface area (Å²) in [5.41, 5.74) is 1.76. The van der Waals surface area contributed by atoms with Crippen molar-refractivity contribution in [3.8, 4) is 0 Å². The van der Waals surface area contributed by atoms with E-state index in [9.17, 15) is 4.79 Å². The first-order valence-electron chi connectivity index (χ1n) is 7.12. The Bertz CT molecular complexity index is 407. The van der Waals surface area contributed by atoms with Gasteiger partial charge in [0.25, 0.3) is 5.91 Å². The molecule has 0 aromatic heterocycles. The fraction of sp³-hybridized carbons (Fsp3) is 0.562. The lowest BCUT2D eigenvalue weighted by Crippen LogP contribution is -2.31. The maximum atomic E-state index is 12.0. The Balaban J connectivity index is 1.80. The van der Waals surface area contributed by atoms with Crippen LogP contribution in [0.2, 0.25) is 0 Å². The fourth-order valence-corrected chi connectivity index (χ4v) is 2.80. The van der Waals surface area contributed by atoms with Crippen molar-refractivity contribution < 1.29 is 4.79 Å². The molecule has 2 rings (SSSR count). The molecule has 1 amide bonds. The van der Waals surface area contributed by atoms with E-state index in [2.05, 4.69) is 12.2 Å². The third-order valence-corrected chi connectivity index (χ3v) is 4.37. The average molecular weight is 280 g/mol. The third kappa shape index (κ3) is 4.24. The van der Waals surface area contributed by atoms with Crippen LogP contribution in [0.3, 0.4) is 0 Å². The van der Waals surface area contributed by atoms with E-state index in [0.29, 0.717) is 11.8 Å². The van der Waals surface area contributed by atoms with Crippen molar-refractivity contribution in [2.45, 2.75) is 38.5 Å². The number of carbonyl (C=O) groups excluding carboxylic acids is 1. The van der Waals surface area contributed by atoms with Crippen molar-refractivity contribution in [1.82, 2.24) is 5.32 Å². The van der Waals surface area contributed by atoms with Crippen LogP contribution in [0.1, 0.15) is 48.5 Å². The molecule has 2 nitrogen and oxygen atoms in total. The number of carbonyl (C=O) groups is 1. The smallest absolute Gasteiger partial charge is 0.251 e. The molecule has 0 atom stereocenters. The van der Waals surface area contributed by atoms with E-state index in [1.54, 1.807) is 0 Å². The second-order valence-corrected chi connectivity index (χ2v) is 5.93. The molecule has 1 fully saturated rings. The van der Waals surface area contributed by atoms with Gasteiger partial charge in [0, 0.05) is 18.0 Å². The third-order valence-electron chi connectivity index (χ3n) is 4.06. The van der Waals surface area contributed by atoms with E-state index >= 15 is 0 Å². The molecule has 0 aliphatic heterocycles. The van der Waals surface area contributed by atoms with Crippen LogP contribution in [0.25, 0.3) is 0 Å². The van der Waals surface area contributed by atoms with Gasteiger partial charge in [0.1, 0.15) is 0 Å². The van der Waals surface area contributed by atoms with E-state index < -0.39 is 0 Å². The zero-order valence-corrected chi connectivity index (χ0v) is 12.2. The second kappa shape index (κ2) is 6.95. The van der Waals surface area contributed by atoms with Gasteiger partial charge < -0.3 is 5.32 Å². The van der Waals surface area contributed by atoms with Gasteiger partial charge in [-0.2, -0.15) is 0 Å². The molecule has 1 aliphatic rings. The van der Waals surface area contributed by atoms with Gasteiger partial charge in [-0.05, 0) is 42.4 Å². The largest absolute Gasteiger partial charge is 0.352 e. The molecular weight excluding hydrogens is 258 g/mol. The SMILES string of the molecule is CC1CCC(CNC(=O)c2ccc(CCl)cc2)CC1. The molecule has 0 unspecified atom stereocenters. The monoisotopic (exact) mass is 279 g/mol. The number of alkyl halides is 1. The summed E-state index contributed by atoms with van der Waals surface area (Å²) in [6, 6.07) is 7.50. The Kier molecular flexibility index (Phi) is 5.26. The second-order valence-electron chi connectivity index (χ2n) is 5.67. The molecule has 0 spiro atoms. The summed E-state index contributed by atoms with van der Waals surface area (Å²) in [5, 5.41) is 3.05. The van der Waals surface area contributed by atoms with Crippen LogP contribution in [0.15, 0.2) is 24.3 Å². The predicted octanol–water partition coefficient (Wildman–Crippen LogP) is 3.98. The minimum absolute atomic E-state index is 0.0275. The Morgan fingerprint density at radius 1 is 1.21 bits per heavy atom. The topological polar surface area (TPSA) is 29.1 Å². The first-order chi connectivity index (χ1) is 9.19. The van der Waals surface area contributed by atoms with E-state index in [1.807, 2.05) is 24.3 Å². The number of nitrogens with one attached hydrogen (secondary N) is 1. The van der Waals surface area contributed by atoms with E-state index in [1.165, 1.54) is 25.7 Å². The highest BCUT2D eigenvalue weighted by molar-refractivity contribution is 6.17. The summed E-state index contributed by atoms with van der Waals surface area (Å²) in [7, 11) is 0. The highest BCUT2D eigenvalue weighted by atomic mass is 35.5. The van der Waals surface area contributed by atoms with Gasteiger partial charge in [-0.1, -0.05) is 31.9 Å². The van der Waals surface area contributed by atoms with Crippen LogP contribution in [0, 0.1) is 11.8 Å². The van der Waals surface area contributed by atoms with Crippen molar-refractivity contribution >= 4 is 17.5 Å². The van der Waals surface area contributed by atoms with Gasteiger partial charge in [0.15, 0.2) is 0 Å². The van der Waals surface area contributed by atoms with E-state index in [0.717, 1.165) is 23.6 Å². The summed E-state index contributed by atoms with van der Waals surface area (Å²) in [5.74, 6) is 2.03. The number of benzene rings is 1. The Labute approximate surface area is 120 Å². The lowest BCUT2D eigenvalue weighted by Gasteiger charge is -2.26. The molecule has 19 heavy (non-hydrogen) atoms. The Hall–Kier alpha value is -1.02. The molecule has 1 aliphatic carbocycles. The van der Waals surface area contributed by atoms with Gasteiger partial charge in [0.05, 0.1) is 0 Å². The summed E-state index contributed by atoms with van der Waals surface area (Å²) >= 11 is 5.73. The molecule has 1 N–H and O–H groups in total. The molecular formula is C16H22ClNO. The molecule has 1 aromatic rings. The molecule has 0 radical (unpaired) electrons. The molecule has 1 saturated carbocycles. The van der Waals surface area contributed by atoms with E-state index in [4.69, 9.17) is 11.6 Å². The minimum Gasteiger partial charge on any atom is -0.352 e. The summed E-state index contributed by atoms with van der Waals surface area (Å²) in [6.07, 6.45) is 5.08. The van der Waals surface area contributed by atoms with Crippen molar-refractivity contribution in [3.05, 3.63) is 35.4 Å². The van der Waals surface area contributed by atoms with Crippen molar-refractivity contribution in [3.63, 3.8) is 0 Å². The number of halogens is 1. The highest BCUT2D eigenvalue weighted by Gasteiger charge is 2.18. The maximum absolute atomic E-state index is 12.0. The number of rotatable bonds is 4. The first-order valence-corrected chi connectivity index (χ1v) is 7.65. The number of hydrogen-bond donors (Lipinski definition) is 1. The van der Waals surface area contributed by atoms with Crippen LogP contribution in [0.5, 0.6) is 0 Å². The number of amides is 1. The van der Waals surface area contributed by atoms with Crippen LogP contribution < -0.4 is 5.32 Å². The number of hydrogen-bond acceptors (Lipinski definition) is 1. The Morgan fingerprint density at radius 3 is 2.42 bits per heavy atom. The van der Waals surface area contributed by atoms with Crippen LogP contribution in [0.4, 0.5) is 0 Å². The quantitative estimate of drug-likeness (QED) is 0.830. The molecule has 1 aromatic carbocycles. The lowest BCUT2D eigenvalue weighted by atomic mass is 9.83. The average Bonchev–Trinajstić information content (AvgIpc) is 2.46. The van der Waals surface area contributed by atoms with Gasteiger partial charge in [-0.25, -0.2) is 0 Å². The predicted molar refractivity (Wildman–Crippen MR) is 79.5 cm³/mol. The summed E-state index contributed by atoms with van der Waals surface area (Å²) < 4.78 is 0. The van der Waals surface area contributed by atoms with Crippen molar-refractivity contribution in [1.29, 1.82) is 0 Å². The molecule has 104 valence electrons. The lowest BCUT2D eigenvalue weighted by molar-refractivity contribution is 0.0942. The van der Waals surface area contributed by atoms with Gasteiger partial charge in [-0.3, -0.25) is 4.79 Å². The van der Waals surface area contributed by atoms with Crippen molar-refractivity contribution in [2.75, 3.05) is 6.54 Å². The van der Waals surface area contributed by atoms with Gasteiger partial charge in [0.2, 0.25) is 0 Å². The zero-order valence-electron chi connectivity index (χ0n) is 11.5. The fourth-order valence-electron chi connectivity index (χ4n) is 2.62. The molecule has 0 saturated heterocycles. The molecule has 3 heteroatoms. The zero-order chi connectivity index (χ0) is 13.7. The molecule has 0 heterocycles. The summed E-state index contributed by atoms with van der Waals surface area (Å²) in [6.45, 7) is 3.12. The van der Waals surface area contributed by atoms with Crippen LogP contribution in [-0.2, 0) is 5.88 Å². The van der Waals surface area contributed by atoms with E-state index in [-0.39, 0.29) is 5.91 Å². The first kappa shape index (κ1) is 14.4. The van der Waals surface area contributed by atoms with Gasteiger partial charge >= 0.3 is 0 Å². The van der Waals surface area contributed by atoms with Gasteiger partial charge in [-0.15, -0.1) is 11.6 Å². The van der Waals surface area contributed by atoms with Crippen molar-refractivity contribution in [2.24, 2.45) is 11.8 Å². The van der Waals surface area contributed by atoms with Crippen LogP contribution in [-0.4, -0.2) is 12.5 Å². The Morgan fingerprint density at radius 2 is 1.84 bits per heavy atom. The minimum atomic E-state index is 0.0275. The summed E-state index contributed by atoms with van der Waals surface area (Å²) in [4.78, 5) is 12.0. The van der Waals surface area contributed by atoms with Crippen LogP contribution >= 0.6 is 11.6 Å². The standard InChI is InChI=1S/C16H22ClNO/c1-12-2-4-14(5-3-12)11-18-16(19)15-8-6-13(10-17)7-9-15/h6-9,12,14H,2-5,10-11H2,1H3,(H,18,19). The normalized spacial score (nSPS) is 23.1. The maximum Gasteiger partial charge on any atom is 0.251 e.